The molecule has 0 amide bonds. The highest BCUT2D eigenvalue weighted by Crippen LogP contribution is 2.13. The van der Waals surface area contributed by atoms with Crippen LogP contribution in [-0.2, 0) is 4.79 Å². The van der Waals surface area contributed by atoms with Crippen molar-refractivity contribution >= 4 is 12.0 Å². The van der Waals surface area contributed by atoms with E-state index in [4.69, 9.17) is 5.53 Å². The van der Waals surface area contributed by atoms with Crippen LogP contribution in [0.25, 0.3) is 5.53 Å². The van der Waals surface area contributed by atoms with E-state index in [1.54, 1.807) is 0 Å². The predicted octanol–water partition coefficient (Wildman–Crippen LogP) is 5.73. The van der Waals surface area contributed by atoms with Crippen LogP contribution in [-0.4, -0.2) is 16.8 Å². The Hall–Kier alpha value is -0.950. The van der Waals surface area contributed by atoms with Gasteiger partial charge in [0.05, 0.1) is 0 Å². The molecule has 0 aliphatic heterocycles. The maximum absolute atomic E-state index is 11.1. The number of unbranched alkanes of at least 4 members (excludes halogenated alkanes) is 13. The van der Waals surface area contributed by atoms with Gasteiger partial charge in [-0.1, -0.05) is 90.4 Å². The van der Waals surface area contributed by atoms with Gasteiger partial charge in [-0.25, -0.2) is 0 Å². The van der Waals surface area contributed by atoms with Gasteiger partial charge in [-0.15, -0.1) is 0 Å². The fourth-order valence-corrected chi connectivity index (χ4v) is 2.62. The van der Waals surface area contributed by atoms with Gasteiger partial charge in [-0.2, -0.15) is 4.79 Å². The molecule has 0 unspecified atom stereocenters. The summed E-state index contributed by atoms with van der Waals surface area (Å²) in [6, 6.07) is 0. The lowest BCUT2D eigenvalue weighted by atomic mass is 10.0. The first kappa shape index (κ1) is 20.1. The molecule has 0 saturated heterocycles. The van der Waals surface area contributed by atoms with Crippen molar-refractivity contribution in [1.82, 2.24) is 0 Å². The van der Waals surface area contributed by atoms with Gasteiger partial charge in [0.2, 0.25) is 5.78 Å². The zero-order valence-electron chi connectivity index (χ0n) is 14.0. The van der Waals surface area contributed by atoms with E-state index >= 15 is 0 Å². The number of rotatable bonds is 16. The Morgan fingerprint density at radius 3 is 1.52 bits per heavy atom. The molecule has 3 nitrogen and oxygen atoms in total. The number of nitrogens with zero attached hydrogens (tertiary/aromatic N) is 2. The fraction of sp³-hybridized carbons (Fsp3) is 0.889. The third kappa shape index (κ3) is 17.0. The number of ketones is 1. The Morgan fingerprint density at radius 2 is 1.14 bits per heavy atom. The molecule has 3 heteroatoms. The molecule has 21 heavy (non-hydrogen) atoms. The second-order valence-electron chi connectivity index (χ2n) is 6.06. The predicted molar refractivity (Wildman–Crippen MR) is 89.6 cm³/mol. The van der Waals surface area contributed by atoms with E-state index in [1.807, 2.05) is 0 Å². The molecule has 0 saturated carbocycles. The SMILES string of the molecule is CCCCCCCCCCCCCCCCC(=O)C=[N+]=[N-]. The molecule has 0 aromatic rings. The quantitative estimate of drug-likeness (QED) is 0.155. The molecule has 0 radical (unpaired) electrons. The topological polar surface area (TPSA) is 53.5 Å². The highest BCUT2D eigenvalue weighted by Gasteiger charge is 2.01. The fourth-order valence-electron chi connectivity index (χ4n) is 2.62. The normalized spacial score (nSPS) is 10.3. The van der Waals surface area contributed by atoms with E-state index in [0.717, 1.165) is 19.1 Å². The van der Waals surface area contributed by atoms with Crippen molar-refractivity contribution < 1.29 is 9.58 Å². The van der Waals surface area contributed by atoms with Gasteiger partial charge < -0.3 is 5.53 Å². The van der Waals surface area contributed by atoms with Crippen molar-refractivity contribution in [3.63, 3.8) is 0 Å². The summed E-state index contributed by atoms with van der Waals surface area (Å²) in [5, 5.41) is 0. The molecule has 0 fully saturated rings. The standard InChI is InChI=1S/C18H34N2O/c1-2-3-4-5-6-7-8-9-10-11-12-13-14-15-16-18(21)17-20-19/h17H,2-16H2,1H3. The van der Waals surface area contributed by atoms with Gasteiger partial charge in [0.15, 0.2) is 0 Å². The summed E-state index contributed by atoms with van der Waals surface area (Å²) in [6.45, 7) is 2.27. The van der Waals surface area contributed by atoms with Crippen molar-refractivity contribution in [3.8, 4) is 0 Å². The summed E-state index contributed by atoms with van der Waals surface area (Å²) in [6.07, 6.45) is 20.0. The van der Waals surface area contributed by atoms with Crippen LogP contribution < -0.4 is 0 Å². The number of carbonyl (C=O) groups excluding carboxylic acids is 1. The van der Waals surface area contributed by atoms with E-state index in [0.29, 0.717) is 6.42 Å². The Kier molecular flexibility index (Phi) is 16.3. The monoisotopic (exact) mass is 294 g/mol. The molecule has 0 rings (SSSR count). The minimum absolute atomic E-state index is 0.0727. The lowest BCUT2D eigenvalue weighted by molar-refractivity contribution is -0.116. The van der Waals surface area contributed by atoms with Crippen LogP contribution in [0.3, 0.4) is 0 Å². The van der Waals surface area contributed by atoms with Crippen LogP contribution in [0.2, 0.25) is 0 Å². The zero-order chi connectivity index (χ0) is 15.6. The van der Waals surface area contributed by atoms with E-state index < -0.39 is 0 Å². The number of hydrogen-bond donors (Lipinski definition) is 0. The minimum Gasteiger partial charge on any atom is -0.361 e. The summed E-state index contributed by atoms with van der Waals surface area (Å²) in [7, 11) is 0. The maximum Gasteiger partial charge on any atom is 0.323 e. The number of Topliss-reactive ketones (excluding diaryl/α,β-unsaturated/α-hetero) is 1. The number of carbonyl (C=O) groups is 1. The lowest BCUT2D eigenvalue weighted by Crippen LogP contribution is -1.99. The molecular weight excluding hydrogens is 260 g/mol. The molecule has 0 aliphatic rings. The van der Waals surface area contributed by atoms with Crippen LogP contribution in [0.15, 0.2) is 0 Å². The molecule has 0 aromatic carbocycles. The summed E-state index contributed by atoms with van der Waals surface area (Å²) >= 11 is 0. The molecule has 0 aromatic heterocycles. The first-order chi connectivity index (χ1) is 10.3. The van der Waals surface area contributed by atoms with Crippen LogP contribution >= 0.6 is 0 Å². The third-order valence-corrected chi connectivity index (χ3v) is 3.98. The van der Waals surface area contributed by atoms with Gasteiger partial charge in [0.1, 0.15) is 0 Å². The molecule has 0 aliphatic carbocycles. The van der Waals surface area contributed by atoms with Crippen LogP contribution in [0.1, 0.15) is 103 Å². The van der Waals surface area contributed by atoms with Crippen molar-refractivity contribution in [2.75, 3.05) is 0 Å². The summed E-state index contributed by atoms with van der Waals surface area (Å²) in [4.78, 5) is 13.8. The summed E-state index contributed by atoms with van der Waals surface area (Å²) in [5.41, 5.74) is 8.20. The Labute approximate surface area is 131 Å². The largest absolute Gasteiger partial charge is 0.361 e. The van der Waals surface area contributed by atoms with Crippen LogP contribution in [0.5, 0.6) is 0 Å². The maximum atomic E-state index is 11.1. The van der Waals surface area contributed by atoms with E-state index in [9.17, 15) is 4.79 Å². The van der Waals surface area contributed by atoms with Crippen LogP contribution in [0.4, 0.5) is 0 Å². The van der Waals surface area contributed by atoms with Crippen molar-refractivity contribution in [2.45, 2.75) is 103 Å². The molecule has 0 heterocycles. The second kappa shape index (κ2) is 17.1. The van der Waals surface area contributed by atoms with Gasteiger partial charge in [0.25, 0.3) is 0 Å². The highest BCUT2D eigenvalue weighted by molar-refractivity contribution is 6.25. The second-order valence-corrected chi connectivity index (χ2v) is 6.06. The molecule has 122 valence electrons. The van der Waals surface area contributed by atoms with Crippen molar-refractivity contribution in [1.29, 1.82) is 0 Å². The minimum atomic E-state index is -0.0727. The molecule has 0 atom stereocenters. The average Bonchev–Trinajstić information content (AvgIpc) is 2.48. The molecule has 0 bridgehead atoms. The van der Waals surface area contributed by atoms with Crippen molar-refractivity contribution in [3.05, 3.63) is 5.53 Å². The zero-order valence-corrected chi connectivity index (χ0v) is 14.0. The van der Waals surface area contributed by atoms with Gasteiger partial charge in [-0.05, 0) is 6.42 Å². The summed E-state index contributed by atoms with van der Waals surface area (Å²) < 4.78 is 0. The van der Waals surface area contributed by atoms with Crippen LogP contribution in [0, 0.1) is 0 Å². The summed E-state index contributed by atoms with van der Waals surface area (Å²) in [5.74, 6) is -0.0727. The molecule has 0 N–H and O–H groups in total. The Balaban J connectivity index is 3.06. The van der Waals surface area contributed by atoms with Gasteiger partial charge in [0, 0.05) is 6.42 Å². The third-order valence-electron chi connectivity index (χ3n) is 3.98. The molecular formula is C18H34N2O. The van der Waals surface area contributed by atoms with Gasteiger partial charge in [-0.3, -0.25) is 4.79 Å². The number of hydrogen-bond acceptors (Lipinski definition) is 1. The molecule has 0 spiro atoms. The van der Waals surface area contributed by atoms with E-state index in [2.05, 4.69) is 11.7 Å². The first-order valence-electron chi connectivity index (χ1n) is 9.01. The van der Waals surface area contributed by atoms with E-state index in [-0.39, 0.29) is 5.78 Å². The Bertz CT molecular complexity index is 283. The smallest absolute Gasteiger partial charge is 0.323 e. The first-order valence-corrected chi connectivity index (χ1v) is 9.01. The van der Waals surface area contributed by atoms with Crippen molar-refractivity contribution in [2.24, 2.45) is 0 Å². The Morgan fingerprint density at radius 1 is 0.762 bits per heavy atom. The average molecular weight is 294 g/mol. The van der Waals surface area contributed by atoms with Gasteiger partial charge >= 0.3 is 6.21 Å². The highest BCUT2D eigenvalue weighted by atomic mass is 16.1. The van der Waals surface area contributed by atoms with E-state index in [1.165, 1.54) is 77.0 Å². The lowest BCUT2D eigenvalue weighted by Gasteiger charge is -2.02.